The number of rotatable bonds is 7. The normalized spacial score (nSPS) is 11.9. The SMILES string of the molecule is COCCN(c1cnccc1C#N)C(C)COC. The van der Waals surface area contributed by atoms with E-state index in [4.69, 9.17) is 14.7 Å². The Hall–Kier alpha value is -1.64. The van der Waals surface area contributed by atoms with Gasteiger partial charge in [-0.1, -0.05) is 0 Å². The van der Waals surface area contributed by atoms with E-state index in [2.05, 4.69) is 16.0 Å². The second-order valence-electron chi connectivity index (χ2n) is 4.00. The van der Waals surface area contributed by atoms with E-state index >= 15 is 0 Å². The van der Waals surface area contributed by atoms with Gasteiger partial charge < -0.3 is 14.4 Å². The Kier molecular flexibility index (Phi) is 6.12. The summed E-state index contributed by atoms with van der Waals surface area (Å²) in [4.78, 5) is 6.17. The predicted molar refractivity (Wildman–Crippen MR) is 69.5 cm³/mol. The maximum Gasteiger partial charge on any atom is 0.101 e. The van der Waals surface area contributed by atoms with Gasteiger partial charge in [-0.15, -0.1) is 0 Å². The molecule has 0 bridgehead atoms. The Morgan fingerprint density at radius 1 is 1.44 bits per heavy atom. The number of aromatic nitrogens is 1. The number of nitriles is 1. The molecule has 0 saturated carbocycles. The zero-order chi connectivity index (χ0) is 13.4. The van der Waals surface area contributed by atoms with Gasteiger partial charge in [0.25, 0.3) is 0 Å². The van der Waals surface area contributed by atoms with Crippen LogP contribution in [0.4, 0.5) is 5.69 Å². The lowest BCUT2D eigenvalue weighted by Gasteiger charge is -2.31. The van der Waals surface area contributed by atoms with Gasteiger partial charge in [0.05, 0.1) is 30.7 Å². The molecular formula is C13H19N3O2. The standard InChI is InChI=1S/C13H19N3O2/c1-11(10-18-3)16(6-7-17-2)13-9-15-5-4-12(13)8-14/h4-5,9,11H,6-7,10H2,1-3H3. The third kappa shape index (κ3) is 3.69. The maximum atomic E-state index is 9.14. The molecule has 0 aromatic carbocycles. The Labute approximate surface area is 108 Å². The third-order valence-electron chi connectivity index (χ3n) is 2.71. The summed E-state index contributed by atoms with van der Waals surface area (Å²) in [7, 11) is 3.33. The zero-order valence-corrected chi connectivity index (χ0v) is 11.1. The fourth-order valence-electron chi connectivity index (χ4n) is 1.81. The highest BCUT2D eigenvalue weighted by Crippen LogP contribution is 2.20. The van der Waals surface area contributed by atoms with Crippen LogP contribution in [0.25, 0.3) is 0 Å². The van der Waals surface area contributed by atoms with Crippen molar-refractivity contribution in [1.82, 2.24) is 4.98 Å². The minimum absolute atomic E-state index is 0.154. The number of methoxy groups -OCH3 is 2. The predicted octanol–water partition coefficient (Wildman–Crippen LogP) is 1.44. The van der Waals surface area contributed by atoms with Crippen molar-refractivity contribution in [3.8, 4) is 6.07 Å². The molecule has 0 aliphatic heterocycles. The third-order valence-corrected chi connectivity index (χ3v) is 2.71. The van der Waals surface area contributed by atoms with Crippen molar-refractivity contribution in [2.24, 2.45) is 0 Å². The lowest BCUT2D eigenvalue weighted by atomic mass is 10.2. The molecule has 0 amide bonds. The number of pyridine rings is 1. The molecule has 0 fully saturated rings. The van der Waals surface area contributed by atoms with E-state index in [1.165, 1.54) is 0 Å². The topological polar surface area (TPSA) is 58.4 Å². The number of hydrogen-bond donors (Lipinski definition) is 0. The van der Waals surface area contributed by atoms with Gasteiger partial charge in [-0.25, -0.2) is 0 Å². The monoisotopic (exact) mass is 249 g/mol. The van der Waals surface area contributed by atoms with Crippen LogP contribution in [0.2, 0.25) is 0 Å². The first-order valence-electron chi connectivity index (χ1n) is 5.83. The lowest BCUT2D eigenvalue weighted by Crippen LogP contribution is -2.39. The minimum atomic E-state index is 0.154. The Morgan fingerprint density at radius 2 is 2.22 bits per heavy atom. The van der Waals surface area contributed by atoms with E-state index in [-0.39, 0.29) is 6.04 Å². The molecular weight excluding hydrogens is 230 g/mol. The number of anilines is 1. The van der Waals surface area contributed by atoms with Crippen LogP contribution in [-0.2, 0) is 9.47 Å². The second kappa shape index (κ2) is 7.64. The van der Waals surface area contributed by atoms with Crippen LogP contribution in [0.5, 0.6) is 0 Å². The molecule has 1 rings (SSSR count). The van der Waals surface area contributed by atoms with Crippen LogP contribution in [0.3, 0.4) is 0 Å². The highest BCUT2D eigenvalue weighted by atomic mass is 16.5. The van der Waals surface area contributed by atoms with Gasteiger partial charge in [0.15, 0.2) is 0 Å². The van der Waals surface area contributed by atoms with Gasteiger partial charge in [-0.05, 0) is 13.0 Å². The van der Waals surface area contributed by atoms with Crippen molar-refractivity contribution in [2.45, 2.75) is 13.0 Å². The van der Waals surface area contributed by atoms with Crippen LogP contribution in [0, 0.1) is 11.3 Å². The van der Waals surface area contributed by atoms with Crippen molar-refractivity contribution < 1.29 is 9.47 Å². The van der Waals surface area contributed by atoms with E-state index in [1.54, 1.807) is 32.7 Å². The van der Waals surface area contributed by atoms with Crippen molar-refractivity contribution in [3.05, 3.63) is 24.0 Å². The van der Waals surface area contributed by atoms with Gasteiger partial charge in [0.1, 0.15) is 6.07 Å². The van der Waals surface area contributed by atoms with E-state index in [1.807, 2.05) is 6.92 Å². The molecule has 0 aliphatic rings. The fraction of sp³-hybridized carbons (Fsp3) is 0.538. The Balaban J connectivity index is 2.97. The molecule has 0 spiro atoms. The lowest BCUT2D eigenvalue weighted by molar-refractivity contribution is 0.171. The smallest absolute Gasteiger partial charge is 0.101 e. The van der Waals surface area contributed by atoms with Gasteiger partial charge in [-0.3, -0.25) is 4.98 Å². The average molecular weight is 249 g/mol. The summed E-state index contributed by atoms with van der Waals surface area (Å²) in [6.07, 6.45) is 3.33. The fourth-order valence-corrected chi connectivity index (χ4v) is 1.81. The second-order valence-corrected chi connectivity index (χ2v) is 4.00. The van der Waals surface area contributed by atoms with Crippen LogP contribution < -0.4 is 4.90 Å². The summed E-state index contributed by atoms with van der Waals surface area (Å²) in [5.41, 5.74) is 1.44. The summed E-state index contributed by atoms with van der Waals surface area (Å²) < 4.78 is 10.3. The molecule has 18 heavy (non-hydrogen) atoms. The molecule has 0 radical (unpaired) electrons. The van der Waals surface area contributed by atoms with Gasteiger partial charge in [0, 0.05) is 33.0 Å². The first-order valence-corrected chi connectivity index (χ1v) is 5.83. The molecule has 1 aromatic heterocycles. The zero-order valence-electron chi connectivity index (χ0n) is 11.1. The number of nitrogens with zero attached hydrogens (tertiary/aromatic N) is 3. The summed E-state index contributed by atoms with van der Waals surface area (Å²) in [6, 6.07) is 4.06. The van der Waals surface area contributed by atoms with E-state index < -0.39 is 0 Å². The van der Waals surface area contributed by atoms with Gasteiger partial charge >= 0.3 is 0 Å². The minimum Gasteiger partial charge on any atom is -0.383 e. The van der Waals surface area contributed by atoms with Gasteiger partial charge in [0.2, 0.25) is 0 Å². The maximum absolute atomic E-state index is 9.14. The average Bonchev–Trinajstić information content (AvgIpc) is 2.40. The summed E-state index contributed by atoms with van der Waals surface area (Å²) in [5, 5.41) is 9.14. The first kappa shape index (κ1) is 14.4. The summed E-state index contributed by atoms with van der Waals surface area (Å²) in [5.74, 6) is 0. The molecule has 1 atom stereocenters. The molecule has 5 nitrogen and oxygen atoms in total. The van der Waals surface area contributed by atoms with E-state index in [9.17, 15) is 0 Å². The van der Waals surface area contributed by atoms with Crippen LogP contribution >= 0.6 is 0 Å². The molecule has 0 saturated heterocycles. The molecule has 1 unspecified atom stereocenters. The highest BCUT2D eigenvalue weighted by Gasteiger charge is 2.17. The Morgan fingerprint density at radius 3 is 2.83 bits per heavy atom. The largest absolute Gasteiger partial charge is 0.383 e. The molecule has 5 heteroatoms. The molecule has 98 valence electrons. The highest BCUT2D eigenvalue weighted by molar-refractivity contribution is 5.58. The number of hydrogen-bond acceptors (Lipinski definition) is 5. The summed E-state index contributed by atoms with van der Waals surface area (Å²) in [6.45, 7) is 3.92. The molecule has 0 N–H and O–H groups in total. The van der Waals surface area contributed by atoms with Crippen LogP contribution in [0.15, 0.2) is 18.5 Å². The first-order chi connectivity index (χ1) is 8.74. The van der Waals surface area contributed by atoms with Crippen molar-refractivity contribution >= 4 is 5.69 Å². The number of ether oxygens (including phenoxy) is 2. The van der Waals surface area contributed by atoms with E-state index in [0.29, 0.717) is 25.3 Å². The van der Waals surface area contributed by atoms with E-state index in [0.717, 1.165) is 5.69 Å². The molecule has 1 heterocycles. The van der Waals surface area contributed by atoms with Crippen molar-refractivity contribution in [1.29, 1.82) is 5.26 Å². The quantitative estimate of drug-likeness (QED) is 0.732. The van der Waals surface area contributed by atoms with Crippen LogP contribution in [0.1, 0.15) is 12.5 Å². The summed E-state index contributed by atoms with van der Waals surface area (Å²) >= 11 is 0. The molecule has 0 aliphatic carbocycles. The molecule has 1 aromatic rings. The van der Waals surface area contributed by atoms with Gasteiger partial charge in [-0.2, -0.15) is 5.26 Å². The Bertz CT molecular complexity index is 403. The van der Waals surface area contributed by atoms with Crippen molar-refractivity contribution in [3.63, 3.8) is 0 Å². The van der Waals surface area contributed by atoms with Crippen molar-refractivity contribution in [2.75, 3.05) is 38.9 Å². The van der Waals surface area contributed by atoms with Crippen LogP contribution in [-0.4, -0.2) is 45.0 Å².